The molecule has 0 radical (unpaired) electrons. The Kier molecular flexibility index (Phi) is 36.0. The topological polar surface area (TPSA) is 455 Å². The summed E-state index contributed by atoms with van der Waals surface area (Å²) in [5.74, 6) is 8.88. The number of rotatable bonds is 35. The number of nitrogens with one attached hydrogen (secondary N) is 3. The molecule has 6 rings (SSSR count). The number of nitrogens with two attached hydrogens (primary N) is 3. The van der Waals surface area contributed by atoms with Gasteiger partial charge in [0.25, 0.3) is 0 Å². The van der Waals surface area contributed by atoms with Crippen LogP contribution in [0.5, 0.6) is 17.2 Å². The quantitative estimate of drug-likeness (QED) is 0.00528. The second-order valence-electron chi connectivity index (χ2n) is 25.4. The number of oxime groups is 1. The smallest absolute Gasteiger partial charge is 0.411 e. The molecular formula is C67H103IN8O25S3. The van der Waals surface area contributed by atoms with Gasteiger partial charge in [-0.05, 0) is 89.2 Å². The molecule has 0 aromatic heterocycles. The number of ketones is 1. The SMILES string of the molecule is C/C=C\C#C[C@H](O[C@@H]1O[C@H](C)C(/C=N\O[C@H]2C[C@H](O)[C@H](SC(=O)c3c(C)c(I)c(O[C@@H]4O[C@@H](C)[C@H](O)[C@@H](OC)[C@H]4O)c(OC)c3OC)[C@@H](C)O2)[C@H](O)[C@H]1O[C@H]1C[C@H](OC)[C@@H](N(CC)CC(=O)NCCOCCOCCN)CO1)C1=C(NC(=O)OC)C(=O)C[C@](N)(O)/C1=C/CSSC(C)(C)CC(=O)NN. The standard InChI is InChI=1S/C67H103IN8O25S3/c1-14-16-17-18-43(50-39(19-26-102-104-66(7,8)30-45(79)75-71)67(70,86)29-42(78)52(50)74-65(85)91-13)98-64-59(99-47-28-44(87-9)40(33-94-47)76(15-2)32-46(80)72-21-23-93-25-24-92-22-20-69)54(82)38(35(4)96-64)31-73-101-48-27-41(77)61(37(6)95-48)103-62(84)49-34(3)51(68)57(60(90-12)56(49)88-10)100-63-55(83)58(89-11)53(81)36(5)97-63/h14,16,19,31,35-38,40-41,43-44,47-48,53-55,58-59,61,63-64,77,81-83,86H,15,20-30,32-33,69-71H2,1-13H3,(H,72,80)(H,74,85)(H,75,79)/b16-14-,39-19+,73-31-/t35-,36+,37-,38?,40+,41+,43+,44+,47+,48+,53+,54+,55-,58-,59-,61-,63+,64+,67+/m1/s1. The third-order valence-electron chi connectivity index (χ3n) is 17.5. The van der Waals surface area contributed by atoms with Crippen LogP contribution in [0.3, 0.4) is 0 Å². The van der Waals surface area contributed by atoms with Crippen LogP contribution < -0.4 is 47.6 Å². The molecule has 1 unspecified atom stereocenters. The van der Waals surface area contributed by atoms with Crippen molar-refractivity contribution in [3.05, 3.63) is 49.8 Å². The number of carbonyl (C=O) groups is 5. The molecule has 37 heteroatoms. The zero-order valence-electron chi connectivity index (χ0n) is 60.7. The molecule has 19 atom stereocenters. The number of nitrogens with zero attached hydrogens (tertiary/aromatic N) is 2. The number of hydrogen-bond acceptors (Lipinski definition) is 33. The Labute approximate surface area is 631 Å². The lowest BCUT2D eigenvalue weighted by Gasteiger charge is -2.46. The number of aliphatic hydroxyl groups is 5. The zero-order valence-corrected chi connectivity index (χ0v) is 65.3. The van der Waals surface area contributed by atoms with E-state index < -0.39 is 149 Å². The maximum Gasteiger partial charge on any atom is 0.411 e. The van der Waals surface area contributed by atoms with E-state index >= 15 is 0 Å². The van der Waals surface area contributed by atoms with E-state index in [0.717, 1.165) is 18.9 Å². The number of aliphatic hydroxyl groups excluding tert-OH is 4. The van der Waals surface area contributed by atoms with Crippen LogP contribution in [0.2, 0.25) is 0 Å². The minimum atomic E-state index is -2.39. The summed E-state index contributed by atoms with van der Waals surface area (Å²) in [5, 5.41) is 66.5. The van der Waals surface area contributed by atoms with E-state index in [1.165, 1.54) is 62.3 Å². The molecule has 0 spiro atoms. The highest BCUT2D eigenvalue weighted by Crippen LogP contribution is 2.49. The Morgan fingerprint density at radius 3 is 2.23 bits per heavy atom. The first-order valence-electron chi connectivity index (χ1n) is 33.8. The Bertz CT molecular complexity index is 3210. The van der Waals surface area contributed by atoms with Crippen molar-refractivity contribution in [2.24, 2.45) is 28.4 Å². The molecule has 5 aliphatic rings. The third kappa shape index (κ3) is 23.7. The van der Waals surface area contributed by atoms with Crippen molar-refractivity contribution >= 4 is 91.0 Å². The molecule has 1 aromatic carbocycles. The van der Waals surface area contributed by atoms with E-state index in [1.807, 2.05) is 48.3 Å². The number of hydrogen-bond donors (Lipinski definition) is 11. The first kappa shape index (κ1) is 88.3. The summed E-state index contributed by atoms with van der Waals surface area (Å²) < 4.78 is 83.5. The third-order valence-corrected chi connectivity index (χ3v) is 23.3. The van der Waals surface area contributed by atoms with Gasteiger partial charge in [0.05, 0.1) is 142 Å². The fraction of sp³-hybridized carbons (Fsp3) is 0.701. The van der Waals surface area contributed by atoms with Crippen LogP contribution in [0.15, 0.2) is 40.2 Å². The second-order valence-corrected chi connectivity index (χ2v) is 30.7. The average Bonchev–Trinajstić information content (AvgIpc) is 0.763. The van der Waals surface area contributed by atoms with Gasteiger partial charge >= 0.3 is 6.09 Å². The van der Waals surface area contributed by atoms with Crippen molar-refractivity contribution in [2.75, 3.05) is 101 Å². The number of amides is 3. The van der Waals surface area contributed by atoms with Crippen molar-refractivity contribution in [3.63, 3.8) is 0 Å². The van der Waals surface area contributed by atoms with Crippen LogP contribution in [0.1, 0.15) is 90.1 Å². The molecule has 586 valence electrons. The zero-order chi connectivity index (χ0) is 76.8. The Balaban J connectivity index is 1.28. The predicted molar refractivity (Wildman–Crippen MR) is 392 cm³/mol. The van der Waals surface area contributed by atoms with Gasteiger partial charge in [-0.2, -0.15) is 0 Å². The molecule has 1 aromatic rings. The Hall–Kier alpha value is -4.56. The van der Waals surface area contributed by atoms with E-state index in [4.69, 9.17) is 88.5 Å². The van der Waals surface area contributed by atoms with Gasteiger partial charge in [0.2, 0.25) is 35.3 Å². The van der Waals surface area contributed by atoms with E-state index in [0.29, 0.717) is 42.0 Å². The van der Waals surface area contributed by atoms with Gasteiger partial charge in [-0.3, -0.25) is 40.6 Å². The number of alkyl carbamates (subject to hydrolysis) is 1. The summed E-state index contributed by atoms with van der Waals surface area (Å²) in [7, 11) is 9.26. The van der Waals surface area contributed by atoms with Crippen molar-refractivity contribution in [1.29, 1.82) is 0 Å². The van der Waals surface area contributed by atoms with E-state index in [9.17, 15) is 49.5 Å². The van der Waals surface area contributed by atoms with Gasteiger partial charge in [-0.25, -0.2) is 10.6 Å². The van der Waals surface area contributed by atoms with Crippen LogP contribution in [0, 0.1) is 28.3 Å². The predicted octanol–water partition coefficient (Wildman–Crippen LogP) is 1.55. The minimum Gasteiger partial charge on any atom is -0.492 e. The lowest BCUT2D eigenvalue weighted by Crippen LogP contribution is -2.60. The van der Waals surface area contributed by atoms with Gasteiger partial charge in [-0.15, -0.1) is 0 Å². The summed E-state index contributed by atoms with van der Waals surface area (Å²) in [6, 6.07) is -0.470. The first-order chi connectivity index (χ1) is 49.5. The number of methoxy groups -OCH3 is 5. The number of benzene rings is 1. The molecule has 3 amide bonds. The molecule has 104 heavy (non-hydrogen) atoms. The van der Waals surface area contributed by atoms with Gasteiger partial charge in [0, 0.05) is 68.2 Å². The summed E-state index contributed by atoms with van der Waals surface area (Å²) in [5.41, 5.74) is 11.7. The molecule has 4 aliphatic heterocycles. The molecule has 0 saturated carbocycles. The highest BCUT2D eigenvalue weighted by atomic mass is 127. The van der Waals surface area contributed by atoms with Crippen LogP contribution in [-0.2, 0) is 71.3 Å². The van der Waals surface area contributed by atoms with E-state index in [-0.39, 0.29) is 96.9 Å². The fourth-order valence-electron chi connectivity index (χ4n) is 12.2. The monoisotopic (exact) mass is 1640 g/mol. The summed E-state index contributed by atoms with van der Waals surface area (Å²) in [6.07, 6.45) is -14.2. The summed E-state index contributed by atoms with van der Waals surface area (Å²) in [4.78, 5) is 75.2. The number of allylic oxidation sites excluding steroid dienone is 3. The number of halogens is 1. The lowest BCUT2D eigenvalue weighted by molar-refractivity contribution is -0.327. The Morgan fingerprint density at radius 2 is 1.60 bits per heavy atom. The number of likely N-dealkylation sites (N-methyl/N-ethyl adjacent to an activating group) is 1. The molecule has 4 fully saturated rings. The van der Waals surface area contributed by atoms with Crippen LogP contribution in [0.25, 0.3) is 0 Å². The summed E-state index contributed by atoms with van der Waals surface area (Å²) in [6.45, 7) is 16.2. The van der Waals surface area contributed by atoms with Crippen molar-refractivity contribution in [3.8, 4) is 29.1 Å². The van der Waals surface area contributed by atoms with Gasteiger partial charge in [-0.1, -0.05) is 69.4 Å². The molecular weight excluding hydrogens is 1540 g/mol. The molecule has 1 aliphatic carbocycles. The molecule has 4 heterocycles. The van der Waals surface area contributed by atoms with Crippen molar-refractivity contribution in [1.82, 2.24) is 21.0 Å². The maximum atomic E-state index is 14.5. The van der Waals surface area contributed by atoms with Crippen LogP contribution >= 0.6 is 55.9 Å². The van der Waals surface area contributed by atoms with Gasteiger partial charge in [0.1, 0.15) is 36.2 Å². The highest BCUT2D eigenvalue weighted by molar-refractivity contribution is 14.1. The van der Waals surface area contributed by atoms with Gasteiger partial charge in [0.15, 0.2) is 29.9 Å². The van der Waals surface area contributed by atoms with Crippen molar-refractivity contribution < 1.29 is 121 Å². The number of carbonyl (C=O) groups excluding carboxylic acids is 5. The number of ether oxygens (including phenoxy) is 14. The first-order valence-corrected chi connectivity index (χ1v) is 38.1. The molecule has 14 N–H and O–H groups in total. The normalized spacial score (nSPS) is 30.4. The van der Waals surface area contributed by atoms with Gasteiger partial charge < -0.3 is 108 Å². The van der Waals surface area contributed by atoms with Crippen molar-refractivity contribution in [2.45, 2.75) is 195 Å². The van der Waals surface area contributed by atoms with Crippen LogP contribution in [0.4, 0.5) is 4.79 Å². The lowest BCUT2D eigenvalue weighted by atomic mass is 9.80. The maximum absolute atomic E-state index is 14.5. The summed E-state index contributed by atoms with van der Waals surface area (Å²) >= 11 is 2.78. The molecule has 33 nitrogen and oxygen atoms in total. The van der Waals surface area contributed by atoms with E-state index in [1.54, 1.807) is 46.8 Å². The largest absolute Gasteiger partial charge is 0.492 e. The Morgan fingerprint density at radius 1 is 0.894 bits per heavy atom. The highest BCUT2D eigenvalue weighted by Gasteiger charge is 2.52. The average molecular weight is 1640 g/mol. The fourth-order valence-corrected chi connectivity index (χ4v) is 16.3. The minimum absolute atomic E-state index is 0.00200. The molecule has 0 bridgehead atoms. The second kappa shape index (κ2) is 42.4. The molecule has 4 saturated heterocycles. The van der Waals surface area contributed by atoms with E-state index in [2.05, 4.69) is 33.1 Å². The number of thioether (sulfide) groups is 1. The van der Waals surface area contributed by atoms with Crippen LogP contribution in [-0.4, -0.2) is 280 Å². The number of Topliss-reactive ketones (excluding diaryl/α,β-unsaturated/α-hetero) is 1. The number of hydrazine groups is 1.